The van der Waals surface area contributed by atoms with Gasteiger partial charge in [0.1, 0.15) is 0 Å². The predicted octanol–water partition coefficient (Wildman–Crippen LogP) is 0.501. The van der Waals surface area contributed by atoms with Crippen molar-refractivity contribution in [3.63, 3.8) is 0 Å². The van der Waals surface area contributed by atoms with Crippen LogP contribution in [0, 0.1) is 5.92 Å². The van der Waals surface area contributed by atoms with Gasteiger partial charge in [-0.3, -0.25) is 0 Å². The van der Waals surface area contributed by atoms with Crippen LogP contribution in [0.15, 0.2) is 12.2 Å². The van der Waals surface area contributed by atoms with E-state index in [1.165, 1.54) is 19.4 Å². The van der Waals surface area contributed by atoms with Crippen LogP contribution in [0.3, 0.4) is 0 Å². The minimum Gasteiger partial charge on any atom is -0.327 e. The maximum absolute atomic E-state index is 5.34. The van der Waals surface area contributed by atoms with Crippen molar-refractivity contribution in [3.8, 4) is 0 Å². The molecule has 1 unspecified atom stereocenters. The Morgan fingerprint density at radius 3 is 3.10 bits per heavy atom. The zero-order valence-corrected chi connectivity index (χ0v) is 6.34. The van der Waals surface area contributed by atoms with E-state index in [1.54, 1.807) is 0 Å². The Hall–Kier alpha value is -0.340. The summed E-state index contributed by atoms with van der Waals surface area (Å²) >= 11 is 0. The van der Waals surface area contributed by atoms with Crippen molar-refractivity contribution in [2.75, 3.05) is 19.6 Å². The quantitative estimate of drug-likeness (QED) is 0.548. The Morgan fingerprint density at radius 2 is 2.50 bits per heavy atom. The van der Waals surface area contributed by atoms with Gasteiger partial charge in [-0.25, -0.2) is 0 Å². The highest BCUT2D eigenvalue weighted by atomic mass is 14.9. The van der Waals surface area contributed by atoms with Crippen LogP contribution in [0.5, 0.6) is 0 Å². The Balaban J connectivity index is 2.19. The van der Waals surface area contributed by atoms with Gasteiger partial charge in [-0.15, -0.1) is 0 Å². The molecule has 1 saturated heterocycles. The molecule has 0 amide bonds. The maximum Gasteiger partial charge on any atom is 0.0106 e. The lowest BCUT2D eigenvalue weighted by Gasteiger charge is -2.19. The molecule has 0 aliphatic carbocycles. The summed E-state index contributed by atoms with van der Waals surface area (Å²) in [5.74, 6) is 0.734. The monoisotopic (exact) mass is 140 g/mol. The van der Waals surface area contributed by atoms with E-state index in [0.29, 0.717) is 6.54 Å². The molecule has 0 spiro atoms. The van der Waals surface area contributed by atoms with Crippen LogP contribution in [0.4, 0.5) is 0 Å². The molecule has 1 aliphatic rings. The van der Waals surface area contributed by atoms with Gasteiger partial charge in [0.25, 0.3) is 0 Å². The second-order valence-corrected chi connectivity index (χ2v) is 2.77. The van der Waals surface area contributed by atoms with E-state index in [9.17, 15) is 0 Å². The third-order valence-corrected chi connectivity index (χ3v) is 1.88. The SMILES string of the molecule is NC/C=C/C1CCCNC1. The molecule has 0 radical (unpaired) electrons. The molecule has 10 heavy (non-hydrogen) atoms. The zero-order valence-electron chi connectivity index (χ0n) is 6.34. The van der Waals surface area contributed by atoms with Gasteiger partial charge in [-0.1, -0.05) is 12.2 Å². The molecular formula is C8H16N2. The number of hydrogen-bond donors (Lipinski definition) is 2. The summed E-state index contributed by atoms with van der Waals surface area (Å²) in [6.45, 7) is 3.00. The molecule has 0 aromatic carbocycles. The van der Waals surface area contributed by atoms with Crippen LogP contribution in [-0.4, -0.2) is 19.6 Å². The van der Waals surface area contributed by atoms with Gasteiger partial charge in [0, 0.05) is 13.1 Å². The summed E-state index contributed by atoms with van der Waals surface area (Å²) in [5, 5.41) is 3.35. The van der Waals surface area contributed by atoms with Crippen LogP contribution in [-0.2, 0) is 0 Å². The van der Waals surface area contributed by atoms with Crippen LogP contribution in [0.1, 0.15) is 12.8 Å². The summed E-state index contributed by atoms with van der Waals surface area (Å²) in [7, 11) is 0. The minimum atomic E-state index is 0.677. The molecule has 0 aromatic rings. The van der Waals surface area contributed by atoms with Crippen molar-refractivity contribution in [1.82, 2.24) is 5.32 Å². The van der Waals surface area contributed by atoms with Crippen LogP contribution < -0.4 is 11.1 Å². The number of nitrogens with two attached hydrogens (primary N) is 1. The fourth-order valence-corrected chi connectivity index (χ4v) is 1.31. The van der Waals surface area contributed by atoms with Crippen molar-refractivity contribution in [3.05, 3.63) is 12.2 Å². The molecule has 2 heteroatoms. The lowest BCUT2D eigenvalue weighted by molar-refractivity contribution is 0.438. The topological polar surface area (TPSA) is 38.0 Å². The molecule has 0 saturated carbocycles. The normalized spacial score (nSPS) is 27.5. The van der Waals surface area contributed by atoms with E-state index in [-0.39, 0.29) is 0 Å². The van der Waals surface area contributed by atoms with E-state index in [4.69, 9.17) is 5.73 Å². The molecule has 2 nitrogen and oxygen atoms in total. The van der Waals surface area contributed by atoms with Gasteiger partial charge < -0.3 is 11.1 Å². The van der Waals surface area contributed by atoms with E-state index >= 15 is 0 Å². The van der Waals surface area contributed by atoms with Gasteiger partial charge in [0.05, 0.1) is 0 Å². The molecule has 1 aliphatic heterocycles. The summed E-state index contributed by atoms with van der Waals surface area (Å²) in [5.41, 5.74) is 5.34. The number of rotatable bonds is 2. The average Bonchev–Trinajstić information content (AvgIpc) is 2.03. The molecule has 1 atom stereocenters. The summed E-state index contributed by atoms with van der Waals surface area (Å²) in [4.78, 5) is 0. The smallest absolute Gasteiger partial charge is 0.0106 e. The highest BCUT2D eigenvalue weighted by Gasteiger charge is 2.07. The average molecular weight is 140 g/mol. The second kappa shape index (κ2) is 4.47. The Morgan fingerprint density at radius 1 is 1.60 bits per heavy atom. The van der Waals surface area contributed by atoms with Gasteiger partial charge in [0.15, 0.2) is 0 Å². The Bertz CT molecular complexity index is 104. The minimum absolute atomic E-state index is 0.677. The second-order valence-electron chi connectivity index (χ2n) is 2.77. The maximum atomic E-state index is 5.34. The van der Waals surface area contributed by atoms with E-state index in [2.05, 4.69) is 17.5 Å². The first kappa shape index (κ1) is 7.76. The summed E-state index contributed by atoms with van der Waals surface area (Å²) in [6.07, 6.45) is 6.91. The standard InChI is InChI=1S/C8H16N2/c9-5-1-3-8-4-2-6-10-7-8/h1,3,8,10H,2,4-7,9H2/b3-1+. The largest absolute Gasteiger partial charge is 0.327 e. The van der Waals surface area contributed by atoms with Gasteiger partial charge >= 0.3 is 0 Å². The molecule has 58 valence electrons. The lowest BCUT2D eigenvalue weighted by atomic mass is 9.99. The van der Waals surface area contributed by atoms with Gasteiger partial charge in [-0.05, 0) is 25.3 Å². The highest BCUT2D eigenvalue weighted by Crippen LogP contribution is 2.10. The van der Waals surface area contributed by atoms with E-state index in [1.807, 2.05) is 0 Å². The van der Waals surface area contributed by atoms with Crippen LogP contribution >= 0.6 is 0 Å². The molecule has 3 N–H and O–H groups in total. The van der Waals surface area contributed by atoms with Gasteiger partial charge in [-0.2, -0.15) is 0 Å². The van der Waals surface area contributed by atoms with Crippen molar-refractivity contribution in [2.45, 2.75) is 12.8 Å². The molecule has 1 heterocycles. The number of nitrogens with one attached hydrogen (secondary N) is 1. The van der Waals surface area contributed by atoms with Crippen molar-refractivity contribution in [2.24, 2.45) is 11.7 Å². The lowest BCUT2D eigenvalue weighted by Crippen LogP contribution is -2.28. The Kier molecular flexibility index (Phi) is 3.47. The van der Waals surface area contributed by atoms with E-state index < -0.39 is 0 Å². The van der Waals surface area contributed by atoms with Gasteiger partial charge in [0.2, 0.25) is 0 Å². The van der Waals surface area contributed by atoms with Crippen molar-refractivity contribution < 1.29 is 0 Å². The molecule has 0 bridgehead atoms. The number of piperidine rings is 1. The first-order chi connectivity index (χ1) is 4.93. The third-order valence-electron chi connectivity index (χ3n) is 1.88. The van der Waals surface area contributed by atoms with Crippen LogP contribution in [0.25, 0.3) is 0 Å². The fraction of sp³-hybridized carbons (Fsp3) is 0.750. The first-order valence-electron chi connectivity index (χ1n) is 4.01. The Labute approximate surface area is 62.5 Å². The molecule has 1 rings (SSSR count). The summed E-state index contributed by atoms with van der Waals surface area (Å²) in [6, 6.07) is 0. The zero-order chi connectivity index (χ0) is 7.23. The molecular weight excluding hydrogens is 124 g/mol. The van der Waals surface area contributed by atoms with Crippen molar-refractivity contribution in [1.29, 1.82) is 0 Å². The summed E-state index contributed by atoms with van der Waals surface area (Å²) < 4.78 is 0. The third kappa shape index (κ3) is 2.50. The highest BCUT2D eigenvalue weighted by molar-refractivity contribution is 4.91. The molecule has 0 aromatic heterocycles. The fourth-order valence-electron chi connectivity index (χ4n) is 1.31. The first-order valence-corrected chi connectivity index (χ1v) is 4.01. The van der Waals surface area contributed by atoms with Crippen molar-refractivity contribution >= 4 is 0 Å². The molecule has 1 fully saturated rings. The van der Waals surface area contributed by atoms with Crippen LogP contribution in [0.2, 0.25) is 0 Å². The number of hydrogen-bond acceptors (Lipinski definition) is 2. The van der Waals surface area contributed by atoms with E-state index in [0.717, 1.165) is 12.5 Å². The predicted molar refractivity (Wildman–Crippen MR) is 43.8 cm³/mol.